The zero-order chi connectivity index (χ0) is 18.3. The molecular formula is C18H20N2O5S. The molecule has 2 N–H and O–H groups in total. The molecule has 4 atom stereocenters. The highest BCUT2D eigenvalue weighted by Crippen LogP contribution is 2.39. The van der Waals surface area contributed by atoms with E-state index in [9.17, 15) is 13.2 Å². The van der Waals surface area contributed by atoms with Crippen molar-refractivity contribution in [2.24, 2.45) is 5.92 Å². The normalized spacial score (nSPS) is 29.5. The molecule has 0 bridgehead atoms. The van der Waals surface area contributed by atoms with Crippen molar-refractivity contribution in [2.45, 2.75) is 24.6 Å². The summed E-state index contributed by atoms with van der Waals surface area (Å²) < 4.78 is 36.9. The SMILES string of the molecule is CS(=O)(=O)N[C@@H]1[C@@H](NC(=O)C2=Cc3ccccc3OC=C2)[C@H]2CCO[C@H]21. The lowest BCUT2D eigenvalue weighted by Crippen LogP contribution is -2.70. The molecule has 138 valence electrons. The van der Waals surface area contributed by atoms with E-state index in [0.29, 0.717) is 17.9 Å². The van der Waals surface area contributed by atoms with Gasteiger partial charge in [-0.15, -0.1) is 0 Å². The number of carbonyl (C=O) groups is 1. The fourth-order valence-electron chi connectivity index (χ4n) is 3.77. The average Bonchev–Trinajstić information content (AvgIpc) is 2.89. The predicted octanol–water partition coefficient (Wildman–Crippen LogP) is 0.797. The van der Waals surface area contributed by atoms with E-state index in [0.717, 1.165) is 18.2 Å². The zero-order valence-corrected chi connectivity index (χ0v) is 15.0. The van der Waals surface area contributed by atoms with E-state index in [1.165, 1.54) is 6.26 Å². The minimum Gasteiger partial charge on any atom is -0.464 e. The molecule has 7 nitrogen and oxygen atoms in total. The second-order valence-corrected chi connectivity index (χ2v) is 8.54. The lowest BCUT2D eigenvalue weighted by molar-refractivity contribution is -0.121. The van der Waals surface area contributed by atoms with Crippen molar-refractivity contribution in [2.75, 3.05) is 12.9 Å². The van der Waals surface area contributed by atoms with Crippen LogP contribution in [0.1, 0.15) is 12.0 Å². The Morgan fingerprint density at radius 2 is 2.04 bits per heavy atom. The highest BCUT2D eigenvalue weighted by molar-refractivity contribution is 7.88. The second-order valence-electron chi connectivity index (χ2n) is 6.76. The van der Waals surface area contributed by atoms with Crippen LogP contribution in [0, 0.1) is 5.92 Å². The number of rotatable bonds is 4. The molecule has 0 aromatic heterocycles. The molecule has 2 fully saturated rings. The van der Waals surface area contributed by atoms with Gasteiger partial charge in [0.05, 0.1) is 30.7 Å². The molecule has 1 aromatic carbocycles. The molecule has 2 aliphatic heterocycles. The molecule has 1 saturated carbocycles. The van der Waals surface area contributed by atoms with Crippen molar-refractivity contribution < 1.29 is 22.7 Å². The van der Waals surface area contributed by atoms with Crippen molar-refractivity contribution in [3.63, 3.8) is 0 Å². The summed E-state index contributed by atoms with van der Waals surface area (Å²) in [6, 6.07) is 6.70. The Morgan fingerprint density at radius 3 is 2.85 bits per heavy atom. The van der Waals surface area contributed by atoms with Gasteiger partial charge in [0.1, 0.15) is 5.75 Å². The summed E-state index contributed by atoms with van der Waals surface area (Å²) in [5, 5.41) is 2.97. The van der Waals surface area contributed by atoms with Crippen LogP contribution in [0.2, 0.25) is 0 Å². The first-order valence-electron chi connectivity index (χ1n) is 8.46. The van der Waals surface area contributed by atoms with E-state index in [4.69, 9.17) is 9.47 Å². The van der Waals surface area contributed by atoms with Crippen LogP contribution in [-0.2, 0) is 19.6 Å². The largest absolute Gasteiger partial charge is 0.464 e. The van der Waals surface area contributed by atoms with Gasteiger partial charge in [-0.1, -0.05) is 18.2 Å². The van der Waals surface area contributed by atoms with Gasteiger partial charge in [0.25, 0.3) is 5.91 Å². The lowest BCUT2D eigenvalue weighted by Gasteiger charge is -2.47. The topological polar surface area (TPSA) is 93.7 Å². The van der Waals surface area contributed by atoms with Crippen molar-refractivity contribution in [1.29, 1.82) is 0 Å². The van der Waals surface area contributed by atoms with Crippen LogP contribution >= 0.6 is 0 Å². The fraction of sp³-hybridized carbons (Fsp3) is 0.389. The molecule has 0 spiro atoms. The summed E-state index contributed by atoms with van der Waals surface area (Å²) >= 11 is 0. The standard InChI is InChI=1S/C18H20N2O5S/c1-26(22,23)20-16-15(13-7-9-25-17(13)16)19-18(21)12-6-8-24-14-5-3-2-4-11(14)10-12/h2-6,8,10,13,15-17,20H,7,9H2,1H3,(H,19,21)/t13-,15+,16-,17-/m1/s1. The fourth-order valence-corrected chi connectivity index (χ4v) is 4.55. The maximum absolute atomic E-state index is 12.8. The van der Waals surface area contributed by atoms with Gasteiger partial charge in [0.15, 0.2) is 0 Å². The molecule has 0 radical (unpaired) electrons. The molecule has 0 unspecified atom stereocenters. The first kappa shape index (κ1) is 17.3. The molecule has 3 aliphatic rings. The Balaban J connectivity index is 1.53. The van der Waals surface area contributed by atoms with Crippen LogP contribution in [0.4, 0.5) is 0 Å². The number of hydrogen-bond donors (Lipinski definition) is 2. The van der Waals surface area contributed by atoms with E-state index in [-0.39, 0.29) is 24.0 Å². The first-order chi connectivity index (χ1) is 12.4. The Bertz CT molecular complexity index is 893. The molecule has 1 saturated heterocycles. The van der Waals surface area contributed by atoms with Gasteiger partial charge in [-0.25, -0.2) is 13.1 Å². The summed E-state index contributed by atoms with van der Waals surface area (Å²) in [5.41, 5.74) is 1.26. The Hall–Kier alpha value is -2.16. The van der Waals surface area contributed by atoms with Gasteiger partial charge < -0.3 is 14.8 Å². The number of sulfonamides is 1. The number of benzene rings is 1. The van der Waals surface area contributed by atoms with E-state index in [2.05, 4.69) is 10.0 Å². The average molecular weight is 376 g/mol. The molecule has 1 aliphatic carbocycles. The highest BCUT2D eigenvalue weighted by Gasteiger charge is 2.55. The number of carbonyl (C=O) groups excluding carboxylic acids is 1. The number of amides is 1. The van der Waals surface area contributed by atoms with Crippen molar-refractivity contribution >= 4 is 22.0 Å². The maximum atomic E-state index is 12.8. The lowest BCUT2D eigenvalue weighted by atomic mass is 9.72. The van der Waals surface area contributed by atoms with Crippen LogP contribution in [0.5, 0.6) is 5.75 Å². The van der Waals surface area contributed by atoms with E-state index in [1.807, 2.05) is 24.3 Å². The predicted molar refractivity (Wildman–Crippen MR) is 95.7 cm³/mol. The third-order valence-electron chi connectivity index (χ3n) is 4.97. The molecule has 2 heterocycles. The van der Waals surface area contributed by atoms with Crippen LogP contribution in [-0.4, -0.2) is 45.4 Å². The monoisotopic (exact) mass is 376 g/mol. The quantitative estimate of drug-likeness (QED) is 0.811. The van der Waals surface area contributed by atoms with E-state index < -0.39 is 16.1 Å². The Morgan fingerprint density at radius 1 is 1.23 bits per heavy atom. The van der Waals surface area contributed by atoms with Crippen LogP contribution < -0.4 is 14.8 Å². The number of fused-ring (bicyclic) bond motifs is 2. The number of nitrogens with one attached hydrogen (secondary N) is 2. The van der Waals surface area contributed by atoms with Gasteiger partial charge in [-0.3, -0.25) is 4.79 Å². The summed E-state index contributed by atoms with van der Waals surface area (Å²) in [6.45, 7) is 0.577. The molecule has 8 heteroatoms. The zero-order valence-electron chi connectivity index (χ0n) is 14.2. The van der Waals surface area contributed by atoms with E-state index >= 15 is 0 Å². The highest BCUT2D eigenvalue weighted by atomic mass is 32.2. The minimum absolute atomic E-state index is 0.122. The van der Waals surface area contributed by atoms with Crippen LogP contribution in [0.3, 0.4) is 0 Å². The molecule has 1 aromatic rings. The Kier molecular flexibility index (Phi) is 4.34. The summed E-state index contributed by atoms with van der Waals surface area (Å²) in [5.74, 6) is 0.533. The van der Waals surface area contributed by atoms with Gasteiger partial charge in [0, 0.05) is 23.7 Å². The maximum Gasteiger partial charge on any atom is 0.251 e. The van der Waals surface area contributed by atoms with Gasteiger partial charge in [-0.2, -0.15) is 0 Å². The van der Waals surface area contributed by atoms with Crippen molar-refractivity contribution in [1.82, 2.24) is 10.0 Å². The number of hydrogen-bond acceptors (Lipinski definition) is 5. The first-order valence-corrected chi connectivity index (χ1v) is 10.4. The molecule has 26 heavy (non-hydrogen) atoms. The number of ether oxygens (including phenoxy) is 2. The number of para-hydroxylation sites is 1. The van der Waals surface area contributed by atoms with Crippen molar-refractivity contribution in [3.05, 3.63) is 47.7 Å². The summed E-state index contributed by atoms with van der Waals surface area (Å²) in [4.78, 5) is 12.8. The smallest absolute Gasteiger partial charge is 0.251 e. The van der Waals surface area contributed by atoms with Crippen LogP contribution in [0.25, 0.3) is 6.08 Å². The van der Waals surface area contributed by atoms with Gasteiger partial charge >= 0.3 is 0 Å². The summed E-state index contributed by atoms with van der Waals surface area (Å²) in [6.07, 6.45) is 6.57. The molecule has 1 amide bonds. The van der Waals surface area contributed by atoms with Gasteiger partial charge in [0.2, 0.25) is 10.0 Å². The third-order valence-corrected chi connectivity index (χ3v) is 5.67. The van der Waals surface area contributed by atoms with Gasteiger partial charge in [-0.05, 0) is 24.6 Å². The van der Waals surface area contributed by atoms with Crippen molar-refractivity contribution in [3.8, 4) is 5.75 Å². The molecule has 4 rings (SSSR count). The summed E-state index contributed by atoms with van der Waals surface area (Å²) in [7, 11) is -3.39. The third kappa shape index (κ3) is 3.27. The molecular weight excluding hydrogens is 356 g/mol. The second kappa shape index (κ2) is 6.53. The Labute approximate surface area is 152 Å². The minimum atomic E-state index is -3.39. The van der Waals surface area contributed by atoms with Crippen LogP contribution in [0.15, 0.2) is 42.2 Å². The van der Waals surface area contributed by atoms with E-state index in [1.54, 1.807) is 12.2 Å².